The lowest BCUT2D eigenvalue weighted by molar-refractivity contribution is -0.134. The third-order valence-electron chi connectivity index (χ3n) is 3.16. The number of rotatable bonds is 6. The average Bonchev–Trinajstić information content (AvgIpc) is 2.55. The molecule has 0 aromatic heterocycles. The van der Waals surface area contributed by atoms with E-state index in [2.05, 4.69) is 0 Å². The summed E-state index contributed by atoms with van der Waals surface area (Å²) in [5, 5.41) is 9.33. The zero-order valence-corrected chi connectivity index (χ0v) is 13.2. The second-order valence-corrected chi connectivity index (χ2v) is 4.84. The smallest absolute Gasteiger partial charge is 0.371 e. The number of hydrogen-bond acceptors (Lipinski definition) is 4. The first-order valence-electron chi connectivity index (χ1n) is 6.95. The molecule has 5 heteroatoms. The van der Waals surface area contributed by atoms with Crippen molar-refractivity contribution in [2.75, 3.05) is 14.2 Å². The summed E-state index contributed by atoms with van der Waals surface area (Å²) in [6.45, 7) is 1.95. The molecule has 0 heterocycles. The van der Waals surface area contributed by atoms with E-state index in [1.165, 1.54) is 20.3 Å². The van der Waals surface area contributed by atoms with Gasteiger partial charge in [-0.2, -0.15) is 0 Å². The number of carboxylic acids is 1. The van der Waals surface area contributed by atoms with E-state index in [9.17, 15) is 9.90 Å². The third kappa shape index (κ3) is 4.26. The Balaban J connectivity index is 2.31. The van der Waals surface area contributed by atoms with Crippen LogP contribution in [0.2, 0.25) is 0 Å². The molecule has 5 nitrogen and oxygen atoms in total. The summed E-state index contributed by atoms with van der Waals surface area (Å²) in [6.07, 6.45) is 1.43. The summed E-state index contributed by atoms with van der Waals surface area (Å²) in [6, 6.07) is 12.3. The predicted octanol–water partition coefficient (Wildman–Crippen LogP) is 3.52. The Kier molecular flexibility index (Phi) is 5.25. The molecule has 120 valence electrons. The fourth-order valence-corrected chi connectivity index (χ4v) is 1.96. The SMILES string of the molecule is COc1ccc(C=C(Oc2ccc(C)cc2)C(=O)O)cc1OC. The standard InChI is InChI=1S/C18H18O5/c1-12-4-7-14(8-5-12)23-17(18(19)20)11-13-6-9-15(21-2)16(10-13)22-3/h4-11H,1-3H3,(H,19,20). The van der Waals surface area contributed by atoms with Gasteiger partial charge in [0, 0.05) is 0 Å². The molecule has 0 fully saturated rings. The van der Waals surface area contributed by atoms with E-state index in [0.717, 1.165) is 5.56 Å². The highest BCUT2D eigenvalue weighted by atomic mass is 16.5. The Labute approximate surface area is 134 Å². The van der Waals surface area contributed by atoms with Gasteiger partial charge in [0.05, 0.1) is 14.2 Å². The first kappa shape index (κ1) is 16.4. The van der Waals surface area contributed by atoms with Crippen LogP contribution in [0, 0.1) is 6.92 Å². The van der Waals surface area contributed by atoms with Crippen LogP contribution in [-0.4, -0.2) is 25.3 Å². The maximum Gasteiger partial charge on any atom is 0.371 e. The molecule has 0 aliphatic carbocycles. The molecule has 23 heavy (non-hydrogen) atoms. The van der Waals surface area contributed by atoms with Gasteiger partial charge in [-0.3, -0.25) is 0 Å². The topological polar surface area (TPSA) is 65.0 Å². The Morgan fingerprint density at radius 1 is 1.00 bits per heavy atom. The monoisotopic (exact) mass is 314 g/mol. The Morgan fingerprint density at radius 2 is 1.65 bits per heavy atom. The highest BCUT2D eigenvalue weighted by Gasteiger charge is 2.12. The van der Waals surface area contributed by atoms with Crippen molar-refractivity contribution >= 4 is 12.0 Å². The number of ether oxygens (including phenoxy) is 3. The lowest BCUT2D eigenvalue weighted by Crippen LogP contribution is -2.07. The molecular formula is C18H18O5. The van der Waals surface area contributed by atoms with E-state index in [0.29, 0.717) is 22.8 Å². The van der Waals surface area contributed by atoms with Crippen molar-refractivity contribution in [3.63, 3.8) is 0 Å². The van der Waals surface area contributed by atoms with Gasteiger partial charge >= 0.3 is 5.97 Å². The molecule has 0 atom stereocenters. The minimum absolute atomic E-state index is 0.180. The summed E-state index contributed by atoms with van der Waals surface area (Å²) >= 11 is 0. The average molecular weight is 314 g/mol. The molecule has 0 saturated carbocycles. The minimum atomic E-state index is -1.15. The molecular weight excluding hydrogens is 296 g/mol. The van der Waals surface area contributed by atoms with Crippen LogP contribution in [0.15, 0.2) is 48.2 Å². The molecule has 0 aliphatic rings. The minimum Gasteiger partial charge on any atom is -0.493 e. The van der Waals surface area contributed by atoms with Crippen LogP contribution >= 0.6 is 0 Å². The lowest BCUT2D eigenvalue weighted by Gasteiger charge is -2.09. The van der Waals surface area contributed by atoms with E-state index in [1.807, 2.05) is 19.1 Å². The molecule has 2 aromatic carbocycles. The Bertz CT molecular complexity index is 717. The summed E-state index contributed by atoms with van der Waals surface area (Å²) in [5.41, 5.74) is 1.70. The number of benzene rings is 2. The summed E-state index contributed by atoms with van der Waals surface area (Å²) in [4.78, 5) is 11.4. The number of carbonyl (C=O) groups is 1. The fourth-order valence-electron chi connectivity index (χ4n) is 1.96. The molecule has 0 amide bonds. The van der Waals surface area contributed by atoms with E-state index in [-0.39, 0.29) is 5.76 Å². The summed E-state index contributed by atoms with van der Waals surface area (Å²) in [7, 11) is 3.06. The van der Waals surface area contributed by atoms with Gasteiger partial charge in [-0.15, -0.1) is 0 Å². The quantitative estimate of drug-likeness (QED) is 0.653. The van der Waals surface area contributed by atoms with Crippen LogP contribution < -0.4 is 14.2 Å². The molecule has 2 rings (SSSR count). The van der Waals surface area contributed by atoms with E-state index >= 15 is 0 Å². The number of carboxylic acid groups (broad SMARTS) is 1. The molecule has 1 N–H and O–H groups in total. The number of methoxy groups -OCH3 is 2. The highest BCUT2D eigenvalue weighted by Crippen LogP contribution is 2.28. The van der Waals surface area contributed by atoms with Crippen molar-refractivity contribution in [1.82, 2.24) is 0 Å². The zero-order chi connectivity index (χ0) is 16.8. The first-order valence-corrected chi connectivity index (χ1v) is 6.95. The Morgan fingerprint density at radius 3 is 2.22 bits per heavy atom. The predicted molar refractivity (Wildman–Crippen MR) is 87.0 cm³/mol. The molecule has 0 radical (unpaired) electrons. The second-order valence-electron chi connectivity index (χ2n) is 4.84. The van der Waals surface area contributed by atoms with Gasteiger partial charge in [0.1, 0.15) is 5.75 Å². The number of aliphatic carboxylic acids is 1. The van der Waals surface area contributed by atoms with Crippen LogP contribution in [0.4, 0.5) is 0 Å². The maximum atomic E-state index is 11.4. The van der Waals surface area contributed by atoms with Crippen molar-refractivity contribution in [1.29, 1.82) is 0 Å². The van der Waals surface area contributed by atoms with Gasteiger partial charge in [-0.1, -0.05) is 23.8 Å². The van der Waals surface area contributed by atoms with Gasteiger partial charge in [-0.05, 0) is 42.8 Å². The van der Waals surface area contributed by atoms with Gasteiger partial charge in [0.2, 0.25) is 5.76 Å². The van der Waals surface area contributed by atoms with E-state index in [1.54, 1.807) is 30.3 Å². The van der Waals surface area contributed by atoms with E-state index < -0.39 is 5.97 Å². The molecule has 0 unspecified atom stereocenters. The van der Waals surface area contributed by atoms with Crippen molar-refractivity contribution in [2.45, 2.75) is 6.92 Å². The highest BCUT2D eigenvalue weighted by molar-refractivity contribution is 5.90. The summed E-state index contributed by atoms with van der Waals surface area (Å²) < 4.78 is 15.8. The lowest BCUT2D eigenvalue weighted by atomic mass is 10.1. The van der Waals surface area contributed by atoms with Crippen molar-refractivity contribution in [2.24, 2.45) is 0 Å². The van der Waals surface area contributed by atoms with Crippen molar-refractivity contribution < 1.29 is 24.1 Å². The molecule has 0 bridgehead atoms. The van der Waals surface area contributed by atoms with E-state index in [4.69, 9.17) is 14.2 Å². The normalized spacial score (nSPS) is 11.0. The number of aryl methyl sites for hydroxylation is 1. The molecule has 2 aromatic rings. The van der Waals surface area contributed by atoms with Crippen LogP contribution in [0.1, 0.15) is 11.1 Å². The van der Waals surface area contributed by atoms with Crippen LogP contribution in [0.5, 0.6) is 17.2 Å². The molecule has 0 spiro atoms. The maximum absolute atomic E-state index is 11.4. The molecule has 0 aliphatic heterocycles. The van der Waals surface area contributed by atoms with Gasteiger partial charge in [-0.25, -0.2) is 4.79 Å². The van der Waals surface area contributed by atoms with Crippen LogP contribution in [0.3, 0.4) is 0 Å². The first-order chi connectivity index (χ1) is 11.0. The molecule has 0 saturated heterocycles. The van der Waals surface area contributed by atoms with Gasteiger partial charge < -0.3 is 19.3 Å². The third-order valence-corrected chi connectivity index (χ3v) is 3.16. The van der Waals surface area contributed by atoms with Crippen molar-refractivity contribution in [3.05, 3.63) is 59.4 Å². The van der Waals surface area contributed by atoms with Crippen LogP contribution in [-0.2, 0) is 4.79 Å². The Hall–Kier alpha value is -2.95. The zero-order valence-electron chi connectivity index (χ0n) is 13.2. The second kappa shape index (κ2) is 7.35. The fraction of sp³-hybridized carbons (Fsp3) is 0.167. The van der Waals surface area contributed by atoms with Crippen molar-refractivity contribution in [3.8, 4) is 17.2 Å². The largest absolute Gasteiger partial charge is 0.493 e. The van der Waals surface area contributed by atoms with Crippen LogP contribution in [0.25, 0.3) is 6.08 Å². The van der Waals surface area contributed by atoms with Gasteiger partial charge in [0.15, 0.2) is 11.5 Å². The van der Waals surface area contributed by atoms with Gasteiger partial charge in [0.25, 0.3) is 0 Å². The summed E-state index contributed by atoms with van der Waals surface area (Å²) in [5.74, 6) is 0.216. The number of hydrogen-bond donors (Lipinski definition) is 1.